The first-order valence-corrected chi connectivity index (χ1v) is 7.10. The molecule has 1 rings (SSSR count). The van der Waals surface area contributed by atoms with Gasteiger partial charge in [-0.3, -0.25) is 4.79 Å². The topological polar surface area (TPSA) is 46.3 Å². The van der Waals surface area contributed by atoms with Crippen molar-refractivity contribution in [1.82, 2.24) is 4.90 Å². The van der Waals surface area contributed by atoms with Crippen molar-refractivity contribution >= 4 is 5.91 Å². The molecule has 0 aromatic heterocycles. The quantitative estimate of drug-likeness (QED) is 0.767. The van der Waals surface area contributed by atoms with E-state index in [1.165, 1.54) is 12.8 Å². The third-order valence-electron chi connectivity index (χ3n) is 3.67. The summed E-state index contributed by atoms with van der Waals surface area (Å²) in [6.45, 7) is 8.03. The third kappa shape index (κ3) is 4.30. The van der Waals surface area contributed by atoms with Gasteiger partial charge in [0.2, 0.25) is 5.91 Å². The van der Waals surface area contributed by atoms with Crippen molar-refractivity contribution in [2.45, 2.75) is 58.9 Å². The van der Waals surface area contributed by atoms with Gasteiger partial charge in [0.15, 0.2) is 0 Å². The van der Waals surface area contributed by atoms with Crippen molar-refractivity contribution < 1.29 is 4.79 Å². The second kappa shape index (κ2) is 7.00. The number of rotatable bonds is 4. The maximum absolute atomic E-state index is 12.5. The van der Waals surface area contributed by atoms with Gasteiger partial charge in [0.25, 0.3) is 0 Å². The van der Waals surface area contributed by atoms with Gasteiger partial charge in [-0.05, 0) is 25.7 Å². The fourth-order valence-electron chi connectivity index (χ4n) is 2.69. The molecular formula is C14H28N2O. The molecule has 0 saturated heterocycles. The minimum Gasteiger partial charge on any atom is -0.342 e. The van der Waals surface area contributed by atoms with Crippen molar-refractivity contribution in [2.24, 2.45) is 17.6 Å². The van der Waals surface area contributed by atoms with Crippen LogP contribution in [0.3, 0.4) is 0 Å². The highest BCUT2D eigenvalue weighted by Gasteiger charge is 2.30. The lowest BCUT2D eigenvalue weighted by molar-refractivity contribution is -0.136. The minimum atomic E-state index is 0.0659. The number of nitrogens with zero attached hydrogens (tertiary/aromatic N) is 1. The van der Waals surface area contributed by atoms with E-state index in [0.717, 1.165) is 32.4 Å². The summed E-state index contributed by atoms with van der Waals surface area (Å²) in [4.78, 5) is 14.5. The molecule has 0 aliphatic heterocycles. The summed E-state index contributed by atoms with van der Waals surface area (Å²) in [5, 5.41) is 0. The van der Waals surface area contributed by atoms with Crippen molar-refractivity contribution in [2.75, 3.05) is 13.1 Å². The summed E-state index contributed by atoms with van der Waals surface area (Å²) in [6, 6.07) is 0.0752. The van der Waals surface area contributed by atoms with Gasteiger partial charge >= 0.3 is 0 Å². The summed E-state index contributed by atoms with van der Waals surface area (Å²) in [6.07, 6.45) is 5.56. The van der Waals surface area contributed by atoms with E-state index in [2.05, 4.69) is 20.8 Å². The van der Waals surface area contributed by atoms with Crippen LogP contribution in [0.4, 0.5) is 0 Å². The van der Waals surface area contributed by atoms with Gasteiger partial charge in [-0.1, -0.05) is 33.1 Å². The van der Waals surface area contributed by atoms with E-state index in [-0.39, 0.29) is 17.9 Å². The Morgan fingerprint density at radius 2 is 1.94 bits per heavy atom. The van der Waals surface area contributed by atoms with E-state index in [4.69, 9.17) is 5.73 Å². The van der Waals surface area contributed by atoms with Crippen LogP contribution in [-0.4, -0.2) is 29.9 Å². The van der Waals surface area contributed by atoms with E-state index in [1.54, 1.807) is 0 Å². The lowest BCUT2D eigenvalue weighted by Gasteiger charge is -2.29. The first-order chi connectivity index (χ1) is 8.06. The van der Waals surface area contributed by atoms with Crippen LogP contribution in [0.1, 0.15) is 52.9 Å². The van der Waals surface area contributed by atoms with Crippen LogP contribution in [-0.2, 0) is 4.79 Å². The molecule has 3 heteroatoms. The van der Waals surface area contributed by atoms with Crippen LogP contribution >= 0.6 is 0 Å². The summed E-state index contributed by atoms with van der Waals surface area (Å²) in [7, 11) is 0. The van der Waals surface area contributed by atoms with E-state index >= 15 is 0 Å². The predicted octanol–water partition coefficient (Wildman–Crippen LogP) is 2.40. The van der Waals surface area contributed by atoms with Crippen molar-refractivity contribution in [3.8, 4) is 0 Å². The van der Waals surface area contributed by atoms with E-state index in [1.807, 2.05) is 4.90 Å². The SMILES string of the molecule is CCN(CC(C)C)C(=O)C1CCCCCC1N. The van der Waals surface area contributed by atoms with E-state index < -0.39 is 0 Å². The smallest absolute Gasteiger partial charge is 0.227 e. The largest absolute Gasteiger partial charge is 0.342 e. The zero-order chi connectivity index (χ0) is 12.8. The second-order valence-corrected chi connectivity index (χ2v) is 5.68. The zero-order valence-corrected chi connectivity index (χ0v) is 11.6. The minimum absolute atomic E-state index is 0.0659. The number of amides is 1. The van der Waals surface area contributed by atoms with Crippen LogP contribution in [0.2, 0.25) is 0 Å². The summed E-state index contributed by atoms with van der Waals surface area (Å²) in [5.74, 6) is 0.882. The fourth-order valence-corrected chi connectivity index (χ4v) is 2.69. The van der Waals surface area contributed by atoms with Gasteiger partial charge in [-0.25, -0.2) is 0 Å². The average Bonchev–Trinajstić information content (AvgIpc) is 2.49. The molecule has 1 fully saturated rings. The number of carbonyl (C=O) groups excluding carboxylic acids is 1. The monoisotopic (exact) mass is 240 g/mol. The van der Waals surface area contributed by atoms with Gasteiger partial charge in [-0.2, -0.15) is 0 Å². The highest BCUT2D eigenvalue weighted by atomic mass is 16.2. The van der Waals surface area contributed by atoms with E-state index in [0.29, 0.717) is 5.92 Å². The van der Waals surface area contributed by atoms with Gasteiger partial charge in [0.05, 0.1) is 5.92 Å². The molecule has 0 aromatic rings. The average molecular weight is 240 g/mol. The summed E-state index contributed by atoms with van der Waals surface area (Å²) in [5.41, 5.74) is 6.16. The third-order valence-corrected chi connectivity index (χ3v) is 3.67. The van der Waals surface area contributed by atoms with Gasteiger partial charge < -0.3 is 10.6 Å². The molecule has 1 aliphatic carbocycles. The molecule has 2 unspecified atom stereocenters. The van der Waals surface area contributed by atoms with Crippen LogP contribution < -0.4 is 5.73 Å². The van der Waals surface area contributed by atoms with Gasteiger partial charge in [-0.15, -0.1) is 0 Å². The first kappa shape index (κ1) is 14.5. The molecule has 100 valence electrons. The molecule has 0 radical (unpaired) electrons. The number of hydrogen-bond acceptors (Lipinski definition) is 2. The number of nitrogens with two attached hydrogens (primary N) is 1. The Balaban J connectivity index is 2.64. The van der Waals surface area contributed by atoms with E-state index in [9.17, 15) is 4.79 Å². The molecule has 0 spiro atoms. The van der Waals surface area contributed by atoms with Crippen molar-refractivity contribution in [1.29, 1.82) is 0 Å². The van der Waals surface area contributed by atoms with Crippen LogP contribution in [0.15, 0.2) is 0 Å². The molecule has 1 aliphatic rings. The highest BCUT2D eigenvalue weighted by Crippen LogP contribution is 2.24. The lowest BCUT2D eigenvalue weighted by Crippen LogP contribution is -2.45. The molecule has 1 amide bonds. The van der Waals surface area contributed by atoms with Crippen LogP contribution in [0.25, 0.3) is 0 Å². The summed E-state index contributed by atoms with van der Waals surface area (Å²) >= 11 is 0. The molecule has 17 heavy (non-hydrogen) atoms. The Labute approximate surface area is 106 Å². The predicted molar refractivity (Wildman–Crippen MR) is 71.6 cm³/mol. The maximum Gasteiger partial charge on any atom is 0.227 e. The molecule has 2 N–H and O–H groups in total. The second-order valence-electron chi connectivity index (χ2n) is 5.68. The summed E-state index contributed by atoms with van der Waals surface area (Å²) < 4.78 is 0. The van der Waals surface area contributed by atoms with Gasteiger partial charge in [0, 0.05) is 19.1 Å². The molecular weight excluding hydrogens is 212 g/mol. The Hall–Kier alpha value is -0.570. The van der Waals surface area contributed by atoms with Crippen molar-refractivity contribution in [3.05, 3.63) is 0 Å². The Kier molecular flexibility index (Phi) is 5.96. The standard InChI is InChI=1S/C14H28N2O/c1-4-16(10-11(2)3)14(17)12-8-6-5-7-9-13(12)15/h11-13H,4-10,15H2,1-3H3. The normalized spacial score (nSPS) is 25.7. The Morgan fingerprint density at radius 3 is 2.53 bits per heavy atom. The molecule has 0 heterocycles. The molecule has 3 nitrogen and oxygen atoms in total. The number of carbonyl (C=O) groups is 1. The molecule has 0 bridgehead atoms. The Bertz CT molecular complexity index is 240. The van der Waals surface area contributed by atoms with Crippen LogP contribution in [0.5, 0.6) is 0 Å². The number of hydrogen-bond donors (Lipinski definition) is 1. The van der Waals surface area contributed by atoms with Crippen LogP contribution in [0, 0.1) is 11.8 Å². The lowest BCUT2D eigenvalue weighted by atomic mass is 9.93. The Morgan fingerprint density at radius 1 is 1.29 bits per heavy atom. The molecule has 2 atom stereocenters. The molecule has 1 saturated carbocycles. The fraction of sp³-hybridized carbons (Fsp3) is 0.929. The first-order valence-electron chi connectivity index (χ1n) is 7.10. The van der Waals surface area contributed by atoms with Gasteiger partial charge in [0.1, 0.15) is 0 Å². The molecule has 0 aromatic carbocycles. The maximum atomic E-state index is 12.5. The highest BCUT2D eigenvalue weighted by molar-refractivity contribution is 5.79. The zero-order valence-electron chi connectivity index (χ0n) is 11.6. The van der Waals surface area contributed by atoms with Crippen molar-refractivity contribution in [3.63, 3.8) is 0 Å².